The molecule has 0 spiro atoms. The van der Waals surface area contributed by atoms with E-state index in [1.807, 2.05) is 0 Å². The van der Waals surface area contributed by atoms with Gasteiger partial charge in [0.1, 0.15) is 0 Å². The third-order valence-electron chi connectivity index (χ3n) is 0. The van der Waals surface area contributed by atoms with Crippen LogP contribution in [-0.2, 0) is 16.8 Å². The molecule has 3 N–H and O–H groups in total. The summed E-state index contributed by atoms with van der Waals surface area (Å²) in [5, 5.41) is 0. The van der Waals surface area contributed by atoms with E-state index in [2.05, 4.69) is 0 Å². The van der Waals surface area contributed by atoms with Gasteiger partial charge in [0.15, 0.2) is 0 Å². The van der Waals surface area contributed by atoms with Gasteiger partial charge in [-0.1, -0.05) is 0 Å². The van der Waals surface area contributed by atoms with Crippen molar-refractivity contribution >= 4 is 0 Å². The van der Waals surface area contributed by atoms with Crippen molar-refractivity contribution in [1.82, 2.24) is 0 Å². The van der Waals surface area contributed by atoms with E-state index in [-0.39, 0.29) is 84.6 Å². The molecule has 0 saturated heterocycles. The van der Waals surface area contributed by atoms with Crippen molar-refractivity contribution in [3.05, 3.63) is 0 Å². The minimum absolute atomic E-state index is 0. The van der Waals surface area contributed by atoms with E-state index in [0.29, 0.717) is 0 Å². The van der Waals surface area contributed by atoms with E-state index in [1.54, 1.807) is 0 Å². The third kappa shape index (κ3) is 23.8. The molecule has 0 unspecified atom stereocenters. The Bertz CT molecular complexity index is 6.85. The average Bonchev–Trinajstić information content (AvgIpc) is 0. The van der Waals surface area contributed by atoms with Crippen LogP contribution in [0.25, 0.3) is 0 Å². The Morgan fingerprint density at radius 3 is 0.600 bits per heavy atom. The maximum absolute atomic E-state index is 0. The molecule has 0 aromatic rings. The first-order chi connectivity index (χ1) is 0. The summed E-state index contributed by atoms with van der Waals surface area (Å²) >= 11 is 0. The topological polar surface area (TPSA) is 90.0 Å². The third-order valence-corrected chi connectivity index (χ3v) is 0. The fourth-order valence-electron chi connectivity index (χ4n) is 0. The number of hydrogen-bond donors (Lipinski definition) is 0. The predicted molar refractivity (Wildman–Crippen MR) is 5.81 cm³/mol. The van der Waals surface area contributed by atoms with E-state index in [1.165, 1.54) is 0 Å². The molecule has 0 fully saturated rings. The zero-order valence-corrected chi connectivity index (χ0v) is 6.84. The maximum atomic E-state index is 0. The second kappa shape index (κ2) is 37.1. The molecule has 0 atom stereocenters. The van der Waals surface area contributed by atoms with Gasteiger partial charge in [-0.2, -0.15) is 0 Å². The first-order valence-corrected chi connectivity index (χ1v) is 0. The van der Waals surface area contributed by atoms with Crippen LogP contribution in [0.15, 0.2) is 0 Å². The van der Waals surface area contributed by atoms with Crippen LogP contribution in [0.5, 0.6) is 0 Å². The van der Waals surface area contributed by atoms with E-state index >= 15 is 0 Å². The zero-order valence-electron chi connectivity index (χ0n) is 2.67. The summed E-state index contributed by atoms with van der Waals surface area (Å²) in [7, 11) is 0. The number of rotatable bonds is 0. The minimum atomic E-state index is 0. The van der Waals surface area contributed by atoms with Crippen molar-refractivity contribution in [2.24, 2.45) is 0 Å². The van der Waals surface area contributed by atoms with Crippen LogP contribution in [0.1, 0.15) is 0 Å². The van der Waals surface area contributed by atoms with E-state index < -0.39 is 0 Å². The molecule has 0 aliphatic carbocycles. The molecule has 31 valence electrons. The molecule has 0 aliphatic heterocycles. The second-order valence-electron chi connectivity index (χ2n) is 0. The zero-order chi connectivity index (χ0) is 0. The summed E-state index contributed by atoms with van der Waals surface area (Å²) < 4.78 is 0. The maximum Gasteiger partial charge on any atom is 2.00 e. The standard InChI is InChI=1S/Co.K.3H2O/h;;3*1H2/q+2;+1;;;/p-3. The first kappa shape index (κ1) is 62.3. The fourth-order valence-corrected chi connectivity index (χ4v) is 0. The summed E-state index contributed by atoms with van der Waals surface area (Å²) in [5.41, 5.74) is 0. The molecule has 0 aromatic carbocycles. The molecule has 0 rings (SSSR count). The molecule has 0 bridgehead atoms. The molecule has 0 saturated carbocycles. The van der Waals surface area contributed by atoms with Crippen LogP contribution in [0.2, 0.25) is 0 Å². The van der Waals surface area contributed by atoms with Crippen molar-refractivity contribution in [1.29, 1.82) is 0 Å². The summed E-state index contributed by atoms with van der Waals surface area (Å²) in [6, 6.07) is 0. The van der Waals surface area contributed by atoms with Crippen molar-refractivity contribution < 1.29 is 84.6 Å². The average molecular weight is 149 g/mol. The Labute approximate surface area is 83.1 Å². The van der Waals surface area contributed by atoms with Gasteiger partial charge in [0.05, 0.1) is 0 Å². The molecule has 0 amide bonds. The van der Waals surface area contributed by atoms with Gasteiger partial charge in [-0.25, -0.2) is 0 Å². The van der Waals surface area contributed by atoms with Gasteiger partial charge in [-0.15, -0.1) is 0 Å². The van der Waals surface area contributed by atoms with Crippen LogP contribution in [0.4, 0.5) is 0 Å². The van der Waals surface area contributed by atoms with Gasteiger partial charge in [-0.3, -0.25) is 0 Å². The molecule has 0 heterocycles. The molecule has 5 heteroatoms. The quantitative estimate of drug-likeness (QED) is 0.334. The van der Waals surface area contributed by atoms with Crippen LogP contribution in [-0.4, -0.2) is 16.4 Å². The van der Waals surface area contributed by atoms with Crippen molar-refractivity contribution in [2.75, 3.05) is 0 Å². The molecular formula is H3CoKO3. The van der Waals surface area contributed by atoms with Gasteiger partial charge in [-0.05, 0) is 0 Å². The Morgan fingerprint density at radius 1 is 0.600 bits per heavy atom. The molecule has 0 aromatic heterocycles. The van der Waals surface area contributed by atoms with Crippen LogP contribution < -0.4 is 51.4 Å². The Morgan fingerprint density at radius 2 is 0.600 bits per heavy atom. The summed E-state index contributed by atoms with van der Waals surface area (Å²) in [5.74, 6) is 0. The molecule has 0 aliphatic rings. The van der Waals surface area contributed by atoms with Gasteiger partial charge in [0.25, 0.3) is 0 Å². The minimum Gasteiger partial charge on any atom is -0.870 e. The molecular weight excluding hydrogens is 146 g/mol. The van der Waals surface area contributed by atoms with Crippen LogP contribution >= 0.6 is 0 Å². The van der Waals surface area contributed by atoms with Crippen molar-refractivity contribution in [3.63, 3.8) is 0 Å². The molecule has 1 radical (unpaired) electrons. The van der Waals surface area contributed by atoms with E-state index in [0.717, 1.165) is 0 Å². The summed E-state index contributed by atoms with van der Waals surface area (Å²) in [4.78, 5) is 0. The van der Waals surface area contributed by atoms with E-state index in [9.17, 15) is 0 Å². The van der Waals surface area contributed by atoms with Crippen LogP contribution in [0, 0.1) is 0 Å². The largest absolute Gasteiger partial charge is 2.00 e. The normalized spacial score (nSPS) is 0. The SMILES string of the molecule is [Co+2].[K+].[OH-].[OH-].[OH-]. The van der Waals surface area contributed by atoms with Crippen LogP contribution in [0.3, 0.4) is 0 Å². The molecule has 5 heavy (non-hydrogen) atoms. The summed E-state index contributed by atoms with van der Waals surface area (Å²) in [6.07, 6.45) is 0. The van der Waals surface area contributed by atoms with E-state index in [4.69, 9.17) is 0 Å². The molecule has 3 nitrogen and oxygen atoms in total. The van der Waals surface area contributed by atoms with Gasteiger partial charge >= 0.3 is 68.2 Å². The fraction of sp³-hybridized carbons (Fsp3) is 0. The predicted octanol–water partition coefficient (Wildman–Crippen LogP) is -3.53. The monoisotopic (exact) mass is 149 g/mol. The Hall–Kier alpha value is 2.02. The second-order valence-corrected chi connectivity index (χ2v) is 0. The van der Waals surface area contributed by atoms with Crippen molar-refractivity contribution in [3.8, 4) is 0 Å². The number of hydrogen-bond acceptors (Lipinski definition) is 3. The Kier molecular flexibility index (Phi) is 462. The van der Waals surface area contributed by atoms with Gasteiger partial charge in [0, 0.05) is 0 Å². The first-order valence-electron chi connectivity index (χ1n) is 0. The van der Waals surface area contributed by atoms with Crippen molar-refractivity contribution in [2.45, 2.75) is 0 Å². The smallest absolute Gasteiger partial charge is 0.870 e. The van der Waals surface area contributed by atoms with Gasteiger partial charge in [0.2, 0.25) is 0 Å². The summed E-state index contributed by atoms with van der Waals surface area (Å²) in [6.45, 7) is 0. The van der Waals surface area contributed by atoms with Gasteiger partial charge < -0.3 is 16.4 Å². The Balaban J connectivity index is 0.